The highest BCUT2D eigenvalue weighted by molar-refractivity contribution is 5.85. The smallest absolute Gasteiger partial charge is 0.159 e. The molecule has 3 N–H and O–H groups in total. The maximum Gasteiger partial charge on any atom is 0.159 e. The Morgan fingerprint density at radius 2 is 1.92 bits per heavy atom. The van der Waals surface area contributed by atoms with E-state index in [0.717, 1.165) is 12.1 Å². The van der Waals surface area contributed by atoms with Crippen molar-refractivity contribution in [3.63, 3.8) is 0 Å². The van der Waals surface area contributed by atoms with Gasteiger partial charge in [-0.1, -0.05) is 6.07 Å². The first-order valence-electron chi connectivity index (χ1n) is 3.46. The van der Waals surface area contributed by atoms with Crippen LogP contribution < -0.4 is 5.73 Å². The van der Waals surface area contributed by atoms with Crippen molar-refractivity contribution in [2.75, 3.05) is 6.61 Å². The van der Waals surface area contributed by atoms with Gasteiger partial charge in [-0.2, -0.15) is 0 Å². The molecule has 0 saturated carbocycles. The van der Waals surface area contributed by atoms with Gasteiger partial charge in [-0.25, -0.2) is 8.78 Å². The monoisotopic (exact) mass is 209 g/mol. The Hall–Kier alpha value is -0.710. The minimum Gasteiger partial charge on any atom is -0.394 e. The summed E-state index contributed by atoms with van der Waals surface area (Å²) in [6, 6.07) is 2.66. The highest BCUT2D eigenvalue weighted by Gasteiger charge is 2.07. The van der Waals surface area contributed by atoms with Crippen molar-refractivity contribution in [1.29, 1.82) is 0 Å². The second kappa shape index (κ2) is 5.11. The topological polar surface area (TPSA) is 46.2 Å². The van der Waals surface area contributed by atoms with Crippen LogP contribution in [-0.2, 0) is 0 Å². The van der Waals surface area contributed by atoms with Crippen LogP contribution in [0.25, 0.3) is 0 Å². The van der Waals surface area contributed by atoms with Crippen LogP contribution in [0.15, 0.2) is 18.2 Å². The van der Waals surface area contributed by atoms with Gasteiger partial charge in [0.1, 0.15) is 0 Å². The number of nitrogens with two attached hydrogens (primary N) is 1. The molecule has 0 radical (unpaired) electrons. The number of halogens is 3. The fourth-order valence-electron chi connectivity index (χ4n) is 0.848. The van der Waals surface area contributed by atoms with Crippen molar-refractivity contribution in [2.24, 2.45) is 5.73 Å². The second-order valence-corrected chi connectivity index (χ2v) is 2.46. The van der Waals surface area contributed by atoms with Gasteiger partial charge in [-0.3, -0.25) is 0 Å². The molecule has 1 rings (SSSR count). The molecule has 0 aromatic heterocycles. The molecule has 0 bridgehead atoms. The molecular formula is C8H10ClF2NO. The summed E-state index contributed by atoms with van der Waals surface area (Å²) >= 11 is 0. The molecule has 0 aliphatic heterocycles. The van der Waals surface area contributed by atoms with Crippen LogP contribution in [-0.4, -0.2) is 11.7 Å². The van der Waals surface area contributed by atoms with E-state index in [9.17, 15) is 8.78 Å². The van der Waals surface area contributed by atoms with Crippen LogP contribution >= 0.6 is 12.4 Å². The third-order valence-corrected chi connectivity index (χ3v) is 1.57. The first-order valence-corrected chi connectivity index (χ1v) is 3.46. The molecule has 13 heavy (non-hydrogen) atoms. The van der Waals surface area contributed by atoms with Crippen molar-refractivity contribution >= 4 is 12.4 Å². The molecule has 0 aliphatic carbocycles. The molecule has 0 spiro atoms. The van der Waals surface area contributed by atoms with E-state index in [1.807, 2.05) is 0 Å². The lowest BCUT2D eigenvalue weighted by molar-refractivity contribution is 0.267. The van der Waals surface area contributed by atoms with E-state index in [1.165, 1.54) is 6.07 Å². The van der Waals surface area contributed by atoms with Crippen molar-refractivity contribution < 1.29 is 13.9 Å². The average molecular weight is 210 g/mol. The van der Waals surface area contributed by atoms with Gasteiger partial charge in [0, 0.05) is 0 Å². The Bertz CT molecular complexity index is 283. The van der Waals surface area contributed by atoms with Crippen molar-refractivity contribution in [3.05, 3.63) is 35.4 Å². The molecular weight excluding hydrogens is 200 g/mol. The van der Waals surface area contributed by atoms with Crippen molar-refractivity contribution in [1.82, 2.24) is 0 Å². The molecule has 0 saturated heterocycles. The van der Waals surface area contributed by atoms with E-state index in [4.69, 9.17) is 10.8 Å². The predicted molar refractivity (Wildman–Crippen MR) is 47.6 cm³/mol. The Morgan fingerprint density at radius 1 is 1.31 bits per heavy atom. The zero-order valence-electron chi connectivity index (χ0n) is 6.71. The molecule has 1 atom stereocenters. The first kappa shape index (κ1) is 12.3. The third kappa shape index (κ3) is 2.91. The first-order chi connectivity index (χ1) is 5.65. The van der Waals surface area contributed by atoms with Crippen LogP contribution in [0.3, 0.4) is 0 Å². The molecule has 2 nitrogen and oxygen atoms in total. The molecule has 5 heteroatoms. The van der Waals surface area contributed by atoms with E-state index in [2.05, 4.69) is 0 Å². The summed E-state index contributed by atoms with van der Waals surface area (Å²) in [4.78, 5) is 0. The standard InChI is InChI=1S/C8H9F2NO.ClH/c9-6-2-1-5(3-7(6)10)8(11)4-12;/h1-3,8,12H,4,11H2;1H/t8-;/m0./s1. The fourth-order valence-corrected chi connectivity index (χ4v) is 0.848. The van der Waals surface area contributed by atoms with Gasteiger partial charge in [0.2, 0.25) is 0 Å². The molecule has 1 aromatic carbocycles. The van der Waals surface area contributed by atoms with Gasteiger partial charge in [0.15, 0.2) is 11.6 Å². The summed E-state index contributed by atoms with van der Waals surface area (Å²) in [5, 5.41) is 8.61. The summed E-state index contributed by atoms with van der Waals surface area (Å²) in [7, 11) is 0. The molecule has 74 valence electrons. The van der Waals surface area contributed by atoms with Gasteiger partial charge in [0.05, 0.1) is 12.6 Å². The van der Waals surface area contributed by atoms with Gasteiger partial charge in [-0.15, -0.1) is 12.4 Å². The van der Waals surface area contributed by atoms with Crippen LogP contribution in [0, 0.1) is 11.6 Å². The molecule has 1 aromatic rings. The Morgan fingerprint density at radius 3 is 2.38 bits per heavy atom. The fraction of sp³-hybridized carbons (Fsp3) is 0.250. The second-order valence-electron chi connectivity index (χ2n) is 2.46. The van der Waals surface area contributed by atoms with Crippen LogP contribution in [0.1, 0.15) is 11.6 Å². The largest absolute Gasteiger partial charge is 0.394 e. The summed E-state index contributed by atoms with van der Waals surface area (Å²) in [6.45, 7) is -0.287. The minimum absolute atomic E-state index is 0. The molecule has 0 unspecified atom stereocenters. The van der Waals surface area contributed by atoms with E-state index in [0.29, 0.717) is 5.56 Å². The highest BCUT2D eigenvalue weighted by atomic mass is 35.5. The average Bonchev–Trinajstić information content (AvgIpc) is 2.08. The maximum atomic E-state index is 12.6. The summed E-state index contributed by atoms with van der Waals surface area (Å²) in [5.74, 6) is -1.86. The Kier molecular flexibility index (Phi) is 4.83. The quantitative estimate of drug-likeness (QED) is 0.773. The zero-order chi connectivity index (χ0) is 9.14. The predicted octanol–water partition coefficient (Wildman–Crippen LogP) is 1.38. The molecule has 0 aliphatic rings. The number of benzene rings is 1. The normalized spacial score (nSPS) is 12.0. The number of aliphatic hydroxyl groups excluding tert-OH is 1. The van der Waals surface area contributed by atoms with E-state index in [-0.39, 0.29) is 19.0 Å². The van der Waals surface area contributed by atoms with E-state index in [1.54, 1.807) is 0 Å². The maximum absolute atomic E-state index is 12.6. The van der Waals surface area contributed by atoms with E-state index >= 15 is 0 Å². The number of hydrogen-bond donors (Lipinski definition) is 2. The molecule has 0 amide bonds. The van der Waals surface area contributed by atoms with Crippen LogP contribution in [0.5, 0.6) is 0 Å². The lowest BCUT2D eigenvalue weighted by atomic mass is 10.1. The number of hydrogen-bond acceptors (Lipinski definition) is 2. The summed E-state index contributed by atoms with van der Waals surface area (Å²) in [5.41, 5.74) is 5.76. The van der Waals surface area contributed by atoms with E-state index < -0.39 is 17.7 Å². The zero-order valence-corrected chi connectivity index (χ0v) is 7.52. The highest BCUT2D eigenvalue weighted by Crippen LogP contribution is 2.13. The van der Waals surface area contributed by atoms with Crippen molar-refractivity contribution in [2.45, 2.75) is 6.04 Å². The lowest BCUT2D eigenvalue weighted by Crippen LogP contribution is -2.14. The lowest BCUT2D eigenvalue weighted by Gasteiger charge is -2.07. The molecule has 0 heterocycles. The number of rotatable bonds is 2. The Labute approximate surface area is 80.8 Å². The third-order valence-electron chi connectivity index (χ3n) is 1.57. The van der Waals surface area contributed by atoms with Gasteiger partial charge in [-0.05, 0) is 17.7 Å². The van der Waals surface area contributed by atoms with Gasteiger partial charge < -0.3 is 10.8 Å². The van der Waals surface area contributed by atoms with Crippen LogP contribution in [0.2, 0.25) is 0 Å². The summed E-state index contributed by atoms with van der Waals surface area (Å²) < 4.78 is 25.0. The van der Waals surface area contributed by atoms with Gasteiger partial charge >= 0.3 is 0 Å². The minimum atomic E-state index is -0.948. The van der Waals surface area contributed by atoms with Crippen molar-refractivity contribution in [3.8, 4) is 0 Å². The van der Waals surface area contributed by atoms with Crippen LogP contribution in [0.4, 0.5) is 8.78 Å². The SMILES string of the molecule is Cl.N[C@@H](CO)c1ccc(F)c(F)c1. The summed E-state index contributed by atoms with van der Waals surface area (Å²) in [6.07, 6.45) is 0. The Balaban J connectivity index is 0.00000144. The van der Waals surface area contributed by atoms with Gasteiger partial charge in [0.25, 0.3) is 0 Å². The number of aliphatic hydroxyl groups is 1. The molecule has 0 fully saturated rings.